The van der Waals surface area contributed by atoms with Gasteiger partial charge in [0.1, 0.15) is 5.69 Å². The molecule has 18 heavy (non-hydrogen) atoms. The van der Waals surface area contributed by atoms with E-state index in [1.54, 1.807) is 6.20 Å². The molecular weight excluding hydrogens is 226 g/mol. The molecule has 0 aliphatic heterocycles. The van der Waals surface area contributed by atoms with Crippen LogP contribution in [0.1, 0.15) is 30.3 Å². The second-order valence-electron chi connectivity index (χ2n) is 4.83. The second-order valence-corrected chi connectivity index (χ2v) is 4.83. The van der Waals surface area contributed by atoms with E-state index < -0.39 is 0 Å². The summed E-state index contributed by atoms with van der Waals surface area (Å²) in [7, 11) is 1.89. The third-order valence-electron chi connectivity index (χ3n) is 3.62. The molecule has 0 bridgehead atoms. The second kappa shape index (κ2) is 4.12. The molecule has 1 saturated carbocycles. The van der Waals surface area contributed by atoms with E-state index in [0.29, 0.717) is 6.04 Å². The van der Waals surface area contributed by atoms with E-state index in [4.69, 9.17) is 0 Å². The Hall–Kier alpha value is -1.84. The summed E-state index contributed by atoms with van der Waals surface area (Å²) in [4.78, 5) is 18.6. The fourth-order valence-electron chi connectivity index (χ4n) is 2.41. The summed E-state index contributed by atoms with van der Waals surface area (Å²) >= 11 is 0. The van der Waals surface area contributed by atoms with E-state index in [9.17, 15) is 4.79 Å². The van der Waals surface area contributed by atoms with Crippen molar-refractivity contribution in [1.82, 2.24) is 14.5 Å². The lowest BCUT2D eigenvalue weighted by Crippen LogP contribution is -2.30. The molecule has 94 valence electrons. The van der Waals surface area contributed by atoms with Crippen LogP contribution in [-0.4, -0.2) is 33.4 Å². The highest BCUT2D eigenvalue weighted by Crippen LogP contribution is 2.28. The Morgan fingerprint density at radius 1 is 1.56 bits per heavy atom. The topological polar surface area (TPSA) is 38.1 Å². The number of amides is 1. The number of hydrogen-bond acceptors (Lipinski definition) is 2. The van der Waals surface area contributed by atoms with E-state index in [2.05, 4.69) is 11.9 Å². The molecule has 0 spiro atoms. The minimum atomic E-state index is 0.109. The Morgan fingerprint density at radius 2 is 2.33 bits per heavy atom. The minimum Gasteiger partial charge on any atom is -0.337 e. The van der Waals surface area contributed by atoms with Gasteiger partial charge in [0.25, 0.3) is 5.91 Å². The van der Waals surface area contributed by atoms with Gasteiger partial charge < -0.3 is 9.47 Å². The summed E-state index contributed by atoms with van der Waals surface area (Å²) in [6.07, 6.45) is 4.03. The quantitative estimate of drug-likeness (QED) is 0.829. The summed E-state index contributed by atoms with van der Waals surface area (Å²) in [5.74, 6) is 0.109. The molecule has 2 aromatic heterocycles. The molecular formula is C14H17N3O. The summed E-state index contributed by atoms with van der Waals surface area (Å²) < 4.78 is 2.05. The maximum Gasteiger partial charge on any atom is 0.270 e. The Balaban J connectivity index is 2.07. The maximum atomic E-state index is 12.5. The third kappa shape index (κ3) is 1.68. The van der Waals surface area contributed by atoms with Crippen LogP contribution >= 0.6 is 0 Å². The van der Waals surface area contributed by atoms with Crippen molar-refractivity contribution >= 4 is 16.9 Å². The molecule has 1 aliphatic rings. The first-order valence-corrected chi connectivity index (χ1v) is 6.43. The largest absolute Gasteiger partial charge is 0.337 e. The monoisotopic (exact) mass is 243 g/mol. The first-order valence-electron chi connectivity index (χ1n) is 6.43. The number of nitrogens with zero attached hydrogens (tertiary/aromatic N) is 3. The molecule has 0 radical (unpaired) electrons. The number of aromatic nitrogens is 2. The maximum absolute atomic E-state index is 12.5. The van der Waals surface area contributed by atoms with Gasteiger partial charge in [0.05, 0.1) is 11.0 Å². The number of hydrogen-bond donors (Lipinski definition) is 0. The average Bonchev–Trinajstić information content (AvgIpc) is 3.17. The molecule has 1 aliphatic carbocycles. The number of aryl methyl sites for hydroxylation is 1. The van der Waals surface area contributed by atoms with Crippen molar-refractivity contribution < 1.29 is 4.79 Å². The Morgan fingerprint density at radius 3 is 3.00 bits per heavy atom. The van der Waals surface area contributed by atoms with Crippen LogP contribution in [0.5, 0.6) is 0 Å². The molecule has 1 fully saturated rings. The van der Waals surface area contributed by atoms with Crippen molar-refractivity contribution in [3.63, 3.8) is 0 Å². The zero-order chi connectivity index (χ0) is 12.7. The summed E-state index contributed by atoms with van der Waals surface area (Å²) in [5.41, 5.74) is 2.68. The average molecular weight is 243 g/mol. The molecule has 0 atom stereocenters. The number of pyridine rings is 1. The summed E-state index contributed by atoms with van der Waals surface area (Å²) in [5, 5.41) is 0. The molecule has 0 N–H and O–H groups in total. The van der Waals surface area contributed by atoms with Gasteiger partial charge in [-0.2, -0.15) is 0 Å². The Labute approximate surface area is 106 Å². The number of fused-ring (bicyclic) bond motifs is 1. The molecule has 0 unspecified atom stereocenters. The van der Waals surface area contributed by atoms with Gasteiger partial charge >= 0.3 is 0 Å². The van der Waals surface area contributed by atoms with Crippen LogP contribution in [0.3, 0.4) is 0 Å². The zero-order valence-corrected chi connectivity index (χ0v) is 10.8. The molecule has 0 saturated heterocycles. The molecule has 1 amide bonds. The van der Waals surface area contributed by atoms with Crippen molar-refractivity contribution in [3.05, 3.63) is 30.1 Å². The van der Waals surface area contributed by atoms with Crippen molar-refractivity contribution in [2.24, 2.45) is 0 Å². The SMILES string of the molecule is CCn1c(C(=O)N(C)C2CC2)cc2ncccc21. The predicted molar refractivity (Wildman–Crippen MR) is 70.5 cm³/mol. The summed E-state index contributed by atoms with van der Waals surface area (Å²) in [6.45, 7) is 2.84. The molecule has 2 heterocycles. The fourth-order valence-corrected chi connectivity index (χ4v) is 2.41. The first kappa shape index (κ1) is 11.3. The van der Waals surface area contributed by atoms with Crippen molar-refractivity contribution in [2.45, 2.75) is 32.4 Å². The number of carbonyl (C=O) groups excluding carboxylic acids is 1. The predicted octanol–water partition coefficient (Wildman–Crippen LogP) is 2.29. The van der Waals surface area contributed by atoms with E-state index in [-0.39, 0.29) is 5.91 Å². The molecule has 4 nitrogen and oxygen atoms in total. The van der Waals surface area contributed by atoms with Gasteiger partial charge in [0.2, 0.25) is 0 Å². The Kier molecular flexibility index (Phi) is 2.58. The van der Waals surface area contributed by atoms with Gasteiger partial charge in [0, 0.05) is 25.8 Å². The van der Waals surface area contributed by atoms with Crippen molar-refractivity contribution in [2.75, 3.05) is 7.05 Å². The Bertz CT molecular complexity index is 598. The lowest BCUT2D eigenvalue weighted by atomic mass is 10.3. The summed E-state index contributed by atoms with van der Waals surface area (Å²) in [6, 6.07) is 6.27. The molecule has 3 rings (SSSR count). The zero-order valence-electron chi connectivity index (χ0n) is 10.8. The highest BCUT2D eigenvalue weighted by atomic mass is 16.2. The molecule has 2 aromatic rings. The minimum absolute atomic E-state index is 0.109. The van der Waals surface area contributed by atoms with E-state index in [1.807, 2.05) is 34.7 Å². The van der Waals surface area contributed by atoms with E-state index >= 15 is 0 Å². The van der Waals surface area contributed by atoms with Crippen molar-refractivity contribution in [1.29, 1.82) is 0 Å². The standard InChI is InChI=1S/C14H17N3O/c1-3-17-12-5-4-8-15-11(12)9-13(17)14(18)16(2)10-6-7-10/h4-5,8-10H,3,6-7H2,1-2H3. The van der Waals surface area contributed by atoms with Crippen LogP contribution in [0.25, 0.3) is 11.0 Å². The normalized spacial score (nSPS) is 15.0. The van der Waals surface area contributed by atoms with Gasteiger partial charge in [-0.3, -0.25) is 9.78 Å². The van der Waals surface area contributed by atoms with Gasteiger partial charge in [-0.25, -0.2) is 0 Å². The third-order valence-corrected chi connectivity index (χ3v) is 3.62. The number of rotatable bonds is 3. The molecule has 4 heteroatoms. The highest BCUT2D eigenvalue weighted by molar-refractivity contribution is 5.98. The molecule has 0 aromatic carbocycles. The van der Waals surface area contributed by atoms with Crippen molar-refractivity contribution in [3.8, 4) is 0 Å². The van der Waals surface area contributed by atoms with Gasteiger partial charge in [-0.15, -0.1) is 0 Å². The van der Waals surface area contributed by atoms with Gasteiger partial charge in [-0.1, -0.05) is 0 Å². The van der Waals surface area contributed by atoms with Crippen LogP contribution in [0, 0.1) is 0 Å². The van der Waals surface area contributed by atoms with Crippen LogP contribution in [0.2, 0.25) is 0 Å². The van der Waals surface area contributed by atoms with Crippen LogP contribution in [0.4, 0.5) is 0 Å². The lowest BCUT2D eigenvalue weighted by molar-refractivity contribution is 0.0775. The van der Waals surface area contributed by atoms with Crippen LogP contribution in [0.15, 0.2) is 24.4 Å². The van der Waals surface area contributed by atoms with Gasteiger partial charge in [0.15, 0.2) is 0 Å². The van der Waals surface area contributed by atoms with Gasteiger partial charge in [-0.05, 0) is 38.0 Å². The van der Waals surface area contributed by atoms with E-state index in [0.717, 1.165) is 36.1 Å². The van der Waals surface area contributed by atoms with E-state index in [1.165, 1.54) is 0 Å². The lowest BCUT2D eigenvalue weighted by Gasteiger charge is -2.17. The first-order chi connectivity index (χ1) is 8.72. The van der Waals surface area contributed by atoms with Crippen LogP contribution < -0.4 is 0 Å². The highest BCUT2D eigenvalue weighted by Gasteiger charge is 2.31. The fraction of sp³-hybridized carbons (Fsp3) is 0.429. The van der Waals surface area contributed by atoms with Crippen LogP contribution in [-0.2, 0) is 6.54 Å². The smallest absolute Gasteiger partial charge is 0.270 e. The number of carbonyl (C=O) groups is 1.